The highest BCUT2D eigenvalue weighted by molar-refractivity contribution is 7.89. The topological polar surface area (TPSA) is 102 Å². The van der Waals surface area contributed by atoms with Crippen molar-refractivity contribution in [2.24, 2.45) is 0 Å². The molecule has 0 bridgehead atoms. The van der Waals surface area contributed by atoms with Crippen molar-refractivity contribution in [1.29, 1.82) is 0 Å². The number of benzene rings is 1. The number of nitro groups is 1. The van der Waals surface area contributed by atoms with Gasteiger partial charge in [-0.3, -0.25) is 10.1 Å². The smallest absolute Gasteiger partial charge is 0.270 e. The van der Waals surface area contributed by atoms with Gasteiger partial charge in [0.25, 0.3) is 5.69 Å². The Balaban J connectivity index is 2.47. The molecule has 9 heteroatoms. The van der Waals surface area contributed by atoms with Crippen LogP contribution >= 0.6 is 0 Å². The Bertz CT molecular complexity index is 646. The minimum atomic E-state index is -3.81. The number of sulfonamides is 1. The van der Waals surface area contributed by atoms with E-state index in [1.807, 2.05) is 0 Å². The summed E-state index contributed by atoms with van der Waals surface area (Å²) in [7, 11) is -2.24. The lowest BCUT2D eigenvalue weighted by atomic mass is 10.3. The number of rotatable bonds is 4. The van der Waals surface area contributed by atoms with E-state index in [4.69, 9.17) is 4.74 Å². The number of anilines is 1. The van der Waals surface area contributed by atoms with Crippen LogP contribution in [0.2, 0.25) is 0 Å². The lowest BCUT2D eigenvalue weighted by Gasteiger charge is -2.30. The SMILES string of the molecule is CNc1ccc([N+](=O)[O-])cc1S(=O)(=O)N1CCOC(C)C1. The van der Waals surface area contributed by atoms with Crippen molar-refractivity contribution in [2.75, 3.05) is 32.1 Å². The van der Waals surface area contributed by atoms with Crippen molar-refractivity contribution in [3.63, 3.8) is 0 Å². The maximum Gasteiger partial charge on any atom is 0.270 e. The van der Waals surface area contributed by atoms with Gasteiger partial charge in [0.2, 0.25) is 10.0 Å². The maximum atomic E-state index is 12.7. The first-order valence-electron chi connectivity index (χ1n) is 6.44. The molecule has 21 heavy (non-hydrogen) atoms. The number of nitrogens with zero attached hydrogens (tertiary/aromatic N) is 2. The quantitative estimate of drug-likeness (QED) is 0.658. The molecule has 116 valence electrons. The van der Waals surface area contributed by atoms with Crippen molar-refractivity contribution in [3.05, 3.63) is 28.3 Å². The first kappa shape index (κ1) is 15.7. The largest absolute Gasteiger partial charge is 0.387 e. The highest BCUT2D eigenvalue weighted by Crippen LogP contribution is 2.29. The molecule has 1 N–H and O–H groups in total. The van der Waals surface area contributed by atoms with Crippen molar-refractivity contribution >= 4 is 21.4 Å². The van der Waals surface area contributed by atoms with Gasteiger partial charge < -0.3 is 10.1 Å². The Morgan fingerprint density at radius 1 is 1.48 bits per heavy atom. The van der Waals surface area contributed by atoms with Crippen LogP contribution in [-0.4, -0.2) is 50.5 Å². The second-order valence-electron chi connectivity index (χ2n) is 4.73. The van der Waals surface area contributed by atoms with Crippen LogP contribution in [0.4, 0.5) is 11.4 Å². The molecule has 0 spiro atoms. The van der Waals surface area contributed by atoms with Crippen LogP contribution in [0.25, 0.3) is 0 Å². The van der Waals surface area contributed by atoms with Gasteiger partial charge in [-0.25, -0.2) is 8.42 Å². The van der Waals surface area contributed by atoms with E-state index in [1.165, 1.54) is 16.4 Å². The van der Waals surface area contributed by atoms with Gasteiger partial charge in [0.15, 0.2) is 0 Å². The molecule has 1 aliphatic heterocycles. The monoisotopic (exact) mass is 315 g/mol. The number of morpholine rings is 1. The Morgan fingerprint density at radius 2 is 2.19 bits per heavy atom. The van der Waals surface area contributed by atoms with Crippen LogP contribution in [0.1, 0.15) is 6.92 Å². The van der Waals surface area contributed by atoms with E-state index < -0.39 is 14.9 Å². The normalized spacial score (nSPS) is 20.2. The molecule has 0 radical (unpaired) electrons. The van der Waals surface area contributed by atoms with Gasteiger partial charge in [-0.15, -0.1) is 0 Å². The van der Waals surface area contributed by atoms with Crippen molar-refractivity contribution in [3.8, 4) is 0 Å². The first-order chi connectivity index (χ1) is 9.86. The zero-order valence-electron chi connectivity index (χ0n) is 11.8. The van der Waals surface area contributed by atoms with Gasteiger partial charge >= 0.3 is 0 Å². The van der Waals surface area contributed by atoms with Gasteiger partial charge in [0.1, 0.15) is 4.90 Å². The number of non-ortho nitro benzene ring substituents is 1. The second-order valence-corrected chi connectivity index (χ2v) is 6.64. The number of nitro benzene ring substituents is 1. The van der Waals surface area contributed by atoms with E-state index >= 15 is 0 Å². The van der Waals surface area contributed by atoms with Crippen LogP contribution in [0, 0.1) is 10.1 Å². The molecule has 1 fully saturated rings. The minimum absolute atomic E-state index is 0.0895. The molecule has 1 aromatic carbocycles. The van der Waals surface area contributed by atoms with E-state index in [9.17, 15) is 18.5 Å². The van der Waals surface area contributed by atoms with Gasteiger partial charge in [-0.05, 0) is 13.0 Å². The molecule has 1 heterocycles. The Morgan fingerprint density at radius 3 is 2.76 bits per heavy atom. The maximum absolute atomic E-state index is 12.7. The summed E-state index contributed by atoms with van der Waals surface area (Å²) in [4.78, 5) is 10.2. The summed E-state index contributed by atoms with van der Waals surface area (Å²) in [5.74, 6) is 0. The predicted molar refractivity (Wildman–Crippen MR) is 76.8 cm³/mol. The summed E-state index contributed by atoms with van der Waals surface area (Å²) < 4.78 is 32.0. The Labute approximate surface area is 122 Å². The summed E-state index contributed by atoms with van der Waals surface area (Å²) in [6, 6.07) is 3.75. The number of hydrogen-bond donors (Lipinski definition) is 1. The molecule has 8 nitrogen and oxygen atoms in total. The minimum Gasteiger partial charge on any atom is -0.387 e. The van der Waals surface area contributed by atoms with E-state index in [1.54, 1.807) is 14.0 Å². The summed E-state index contributed by atoms with van der Waals surface area (Å²) in [5.41, 5.74) is 0.0774. The van der Waals surface area contributed by atoms with Crippen LogP contribution < -0.4 is 5.32 Å². The summed E-state index contributed by atoms with van der Waals surface area (Å²) in [6.45, 7) is 2.56. The van der Waals surface area contributed by atoms with Crippen LogP contribution in [-0.2, 0) is 14.8 Å². The molecule has 0 aromatic heterocycles. The highest BCUT2D eigenvalue weighted by atomic mass is 32.2. The second kappa shape index (κ2) is 5.96. The molecule has 1 aliphatic rings. The third-order valence-electron chi connectivity index (χ3n) is 3.27. The number of hydrogen-bond acceptors (Lipinski definition) is 6. The molecule has 1 aromatic rings. The van der Waals surface area contributed by atoms with Gasteiger partial charge in [-0.2, -0.15) is 4.31 Å². The van der Waals surface area contributed by atoms with Gasteiger partial charge in [-0.1, -0.05) is 0 Å². The first-order valence-corrected chi connectivity index (χ1v) is 7.88. The van der Waals surface area contributed by atoms with Crippen LogP contribution in [0.5, 0.6) is 0 Å². The molecule has 0 amide bonds. The third-order valence-corrected chi connectivity index (χ3v) is 5.17. The summed E-state index contributed by atoms with van der Waals surface area (Å²) >= 11 is 0. The zero-order chi connectivity index (χ0) is 15.6. The molecule has 2 rings (SSSR count). The van der Waals surface area contributed by atoms with Crippen molar-refractivity contribution in [2.45, 2.75) is 17.9 Å². The average molecular weight is 315 g/mol. The van der Waals surface area contributed by atoms with Crippen molar-refractivity contribution < 1.29 is 18.1 Å². The molecule has 0 saturated carbocycles. The highest BCUT2D eigenvalue weighted by Gasteiger charge is 2.32. The fourth-order valence-electron chi connectivity index (χ4n) is 2.19. The van der Waals surface area contributed by atoms with E-state index in [0.29, 0.717) is 12.3 Å². The molecule has 1 unspecified atom stereocenters. The molecular formula is C12H17N3O5S. The predicted octanol–water partition coefficient (Wildman–Crippen LogP) is 1.05. The Kier molecular flexibility index (Phi) is 4.45. The summed E-state index contributed by atoms with van der Waals surface area (Å²) in [6.07, 6.45) is -0.203. The fourth-order valence-corrected chi connectivity index (χ4v) is 3.91. The van der Waals surface area contributed by atoms with E-state index in [0.717, 1.165) is 6.07 Å². The van der Waals surface area contributed by atoms with Crippen LogP contribution in [0.3, 0.4) is 0 Å². The van der Waals surface area contributed by atoms with Crippen molar-refractivity contribution in [1.82, 2.24) is 4.31 Å². The van der Waals surface area contributed by atoms with Gasteiger partial charge in [0.05, 0.1) is 23.3 Å². The van der Waals surface area contributed by atoms with E-state index in [2.05, 4.69) is 5.32 Å². The summed E-state index contributed by atoms with van der Waals surface area (Å²) in [5, 5.41) is 13.6. The third kappa shape index (κ3) is 3.14. The zero-order valence-corrected chi connectivity index (χ0v) is 12.6. The molecule has 0 aliphatic carbocycles. The fraction of sp³-hybridized carbons (Fsp3) is 0.500. The lowest BCUT2D eigenvalue weighted by molar-refractivity contribution is -0.385. The number of nitrogens with one attached hydrogen (secondary N) is 1. The standard InChI is InChI=1S/C12H17N3O5S/c1-9-8-14(5-6-20-9)21(18,19)12-7-10(15(16)17)3-4-11(12)13-2/h3-4,7,9,13H,5-6,8H2,1-2H3. The molecular weight excluding hydrogens is 298 g/mol. The lowest BCUT2D eigenvalue weighted by Crippen LogP contribution is -2.44. The number of ether oxygens (including phenoxy) is 1. The van der Waals surface area contributed by atoms with E-state index in [-0.39, 0.29) is 29.8 Å². The average Bonchev–Trinajstić information content (AvgIpc) is 2.46. The van der Waals surface area contributed by atoms with Crippen LogP contribution in [0.15, 0.2) is 23.1 Å². The molecule has 1 saturated heterocycles. The Hall–Kier alpha value is -1.71. The molecule has 1 atom stereocenters. The van der Waals surface area contributed by atoms with Gasteiger partial charge in [0, 0.05) is 32.3 Å².